The van der Waals surface area contributed by atoms with Gasteiger partial charge in [-0.3, -0.25) is 0 Å². The summed E-state index contributed by atoms with van der Waals surface area (Å²) in [5.41, 5.74) is 5.85. The molecular weight excluding hydrogens is 178 g/mol. The Morgan fingerprint density at radius 3 is 2.79 bits per heavy atom. The Kier molecular flexibility index (Phi) is 6.15. The average Bonchev–Trinajstić information content (AvgIpc) is 2.20. The predicted molar refractivity (Wildman–Crippen MR) is 57.2 cm³/mol. The van der Waals surface area contributed by atoms with E-state index in [0.29, 0.717) is 12.5 Å². The van der Waals surface area contributed by atoms with Gasteiger partial charge in [-0.2, -0.15) is 0 Å². The van der Waals surface area contributed by atoms with Gasteiger partial charge in [-0.1, -0.05) is 13.3 Å². The molecule has 0 aliphatic carbocycles. The highest BCUT2D eigenvalue weighted by atomic mass is 16.5. The van der Waals surface area contributed by atoms with Crippen LogP contribution in [0.3, 0.4) is 0 Å². The molecule has 0 spiro atoms. The van der Waals surface area contributed by atoms with Crippen LogP contribution in [0.2, 0.25) is 0 Å². The first-order valence-electron chi connectivity index (χ1n) is 5.74. The molecule has 2 N–H and O–H groups in total. The van der Waals surface area contributed by atoms with Gasteiger partial charge in [0.15, 0.2) is 0 Å². The minimum atomic E-state index is 0.222. The Hall–Kier alpha value is -0.120. The fraction of sp³-hybridized carbons (Fsp3) is 1.00. The molecule has 84 valence electrons. The third-order valence-corrected chi connectivity index (χ3v) is 2.69. The molecule has 1 aliphatic heterocycles. The van der Waals surface area contributed by atoms with Crippen molar-refractivity contribution in [3.63, 3.8) is 0 Å². The molecule has 1 atom stereocenters. The van der Waals surface area contributed by atoms with E-state index in [2.05, 4.69) is 6.92 Å². The molecule has 0 radical (unpaired) electrons. The monoisotopic (exact) mass is 201 g/mol. The summed E-state index contributed by atoms with van der Waals surface area (Å²) in [7, 11) is 0. The van der Waals surface area contributed by atoms with Crippen LogP contribution < -0.4 is 5.73 Å². The minimum absolute atomic E-state index is 0.222. The van der Waals surface area contributed by atoms with Crippen LogP contribution in [0.25, 0.3) is 0 Å². The van der Waals surface area contributed by atoms with Gasteiger partial charge in [0.25, 0.3) is 0 Å². The van der Waals surface area contributed by atoms with Gasteiger partial charge >= 0.3 is 0 Å². The van der Waals surface area contributed by atoms with Gasteiger partial charge in [0.05, 0.1) is 6.61 Å². The second-order valence-electron chi connectivity index (χ2n) is 4.14. The zero-order valence-corrected chi connectivity index (χ0v) is 9.21. The summed E-state index contributed by atoms with van der Waals surface area (Å²) in [6, 6.07) is 0.222. The van der Waals surface area contributed by atoms with Crippen LogP contribution in [-0.4, -0.2) is 32.5 Å². The first-order chi connectivity index (χ1) is 6.83. The normalized spacial score (nSPS) is 21.0. The van der Waals surface area contributed by atoms with E-state index >= 15 is 0 Å². The fourth-order valence-electron chi connectivity index (χ4n) is 1.75. The molecule has 0 aromatic rings. The maximum Gasteiger partial charge on any atom is 0.0617 e. The molecule has 14 heavy (non-hydrogen) atoms. The molecule has 0 aromatic heterocycles. The van der Waals surface area contributed by atoms with E-state index in [1.54, 1.807) is 0 Å². The molecule has 0 bridgehead atoms. The molecular formula is C11H23NO2. The molecule has 0 aromatic carbocycles. The second kappa shape index (κ2) is 7.21. The topological polar surface area (TPSA) is 44.5 Å². The fourth-order valence-corrected chi connectivity index (χ4v) is 1.75. The number of hydrogen-bond donors (Lipinski definition) is 1. The van der Waals surface area contributed by atoms with Crippen LogP contribution in [0.15, 0.2) is 0 Å². The average molecular weight is 201 g/mol. The second-order valence-corrected chi connectivity index (χ2v) is 4.14. The number of ether oxygens (including phenoxy) is 2. The zero-order chi connectivity index (χ0) is 10.2. The Morgan fingerprint density at radius 1 is 1.43 bits per heavy atom. The standard InChI is InChI=1S/C11H23NO2/c1-2-3-11(12)9-14-8-10-4-6-13-7-5-10/h10-11H,2-9,12H2,1H3. The lowest BCUT2D eigenvalue weighted by atomic mass is 10.0. The van der Waals surface area contributed by atoms with Crippen molar-refractivity contribution in [2.45, 2.75) is 38.6 Å². The molecule has 1 rings (SSSR count). The van der Waals surface area contributed by atoms with Crippen LogP contribution in [0.4, 0.5) is 0 Å². The number of rotatable bonds is 6. The summed E-state index contributed by atoms with van der Waals surface area (Å²) in [5, 5.41) is 0. The van der Waals surface area contributed by atoms with Gasteiger partial charge in [0.1, 0.15) is 0 Å². The third kappa shape index (κ3) is 4.94. The highest BCUT2D eigenvalue weighted by molar-refractivity contribution is 4.64. The third-order valence-electron chi connectivity index (χ3n) is 2.69. The molecule has 1 heterocycles. The number of hydrogen-bond acceptors (Lipinski definition) is 3. The lowest BCUT2D eigenvalue weighted by Gasteiger charge is -2.22. The first kappa shape index (κ1) is 12.0. The maximum absolute atomic E-state index is 5.85. The van der Waals surface area contributed by atoms with Crippen molar-refractivity contribution >= 4 is 0 Å². The van der Waals surface area contributed by atoms with E-state index in [1.165, 1.54) is 0 Å². The van der Waals surface area contributed by atoms with Crippen LogP contribution in [0, 0.1) is 5.92 Å². The van der Waals surface area contributed by atoms with E-state index in [-0.39, 0.29) is 6.04 Å². The van der Waals surface area contributed by atoms with Crippen LogP contribution in [0.5, 0.6) is 0 Å². The maximum atomic E-state index is 5.85. The predicted octanol–water partition coefficient (Wildman–Crippen LogP) is 1.56. The van der Waals surface area contributed by atoms with Crippen molar-refractivity contribution in [2.24, 2.45) is 11.7 Å². The zero-order valence-electron chi connectivity index (χ0n) is 9.21. The Morgan fingerprint density at radius 2 is 2.14 bits per heavy atom. The summed E-state index contributed by atoms with van der Waals surface area (Å²) < 4.78 is 10.9. The van der Waals surface area contributed by atoms with Crippen molar-refractivity contribution in [1.82, 2.24) is 0 Å². The quantitative estimate of drug-likeness (QED) is 0.709. The Labute approximate surface area is 86.9 Å². The van der Waals surface area contributed by atoms with Gasteiger partial charge in [0, 0.05) is 25.9 Å². The molecule has 0 saturated carbocycles. The highest BCUT2D eigenvalue weighted by Crippen LogP contribution is 2.14. The van der Waals surface area contributed by atoms with Crippen LogP contribution in [0.1, 0.15) is 32.6 Å². The van der Waals surface area contributed by atoms with Crippen LogP contribution in [-0.2, 0) is 9.47 Å². The minimum Gasteiger partial charge on any atom is -0.381 e. The summed E-state index contributed by atoms with van der Waals surface area (Å²) in [5.74, 6) is 0.692. The number of nitrogens with two attached hydrogens (primary N) is 1. The van der Waals surface area contributed by atoms with E-state index in [9.17, 15) is 0 Å². The smallest absolute Gasteiger partial charge is 0.0617 e. The summed E-state index contributed by atoms with van der Waals surface area (Å²) in [4.78, 5) is 0. The van der Waals surface area contributed by atoms with Crippen molar-refractivity contribution in [3.8, 4) is 0 Å². The van der Waals surface area contributed by atoms with Gasteiger partial charge in [0.2, 0.25) is 0 Å². The SMILES string of the molecule is CCCC(N)COCC1CCOCC1. The molecule has 3 heteroatoms. The molecule has 0 amide bonds. The van der Waals surface area contributed by atoms with Crippen molar-refractivity contribution in [1.29, 1.82) is 0 Å². The van der Waals surface area contributed by atoms with E-state index in [0.717, 1.165) is 45.5 Å². The molecule has 3 nitrogen and oxygen atoms in total. The van der Waals surface area contributed by atoms with Crippen molar-refractivity contribution < 1.29 is 9.47 Å². The van der Waals surface area contributed by atoms with E-state index in [4.69, 9.17) is 15.2 Å². The summed E-state index contributed by atoms with van der Waals surface area (Å²) >= 11 is 0. The van der Waals surface area contributed by atoms with Crippen molar-refractivity contribution in [3.05, 3.63) is 0 Å². The lowest BCUT2D eigenvalue weighted by Crippen LogP contribution is -2.28. The highest BCUT2D eigenvalue weighted by Gasteiger charge is 2.14. The van der Waals surface area contributed by atoms with Crippen molar-refractivity contribution in [2.75, 3.05) is 26.4 Å². The first-order valence-corrected chi connectivity index (χ1v) is 5.74. The molecule has 1 aliphatic rings. The van der Waals surface area contributed by atoms with Gasteiger partial charge in [-0.15, -0.1) is 0 Å². The lowest BCUT2D eigenvalue weighted by molar-refractivity contribution is 0.0171. The summed E-state index contributed by atoms with van der Waals surface area (Å²) in [6.07, 6.45) is 4.49. The molecule has 1 fully saturated rings. The van der Waals surface area contributed by atoms with Gasteiger partial charge in [-0.05, 0) is 25.2 Å². The van der Waals surface area contributed by atoms with Crippen LogP contribution >= 0.6 is 0 Å². The Balaban J connectivity index is 1.96. The van der Waals surface area contributed by atoms with E-state index in [1.807, 2.05) is 0 Å². The molecule has 1 unspecified atom stereocenters. The Bertz CT molecular complexity index is 135. The van der Waals surface area contributed by atoms with Gasteiger partial charge < -0.3 is 15.2 Å². The summed E-state index contributed by atoms with van der Waals surface area (Å²) in [6.45, 7) is 5.52. The largest absolute Gasteiger partial charge is 0.381 e. The van der Waals surface area contributed by atoms with Gasteiger partial charge in [-0.25, -0.2) is 0 Å². The molecule has 1 saturated heterocycles. The van der Waals surface area contributed by atoms with E-state index < -0.39 is 0 Å².